The number of likely N-dealkylation sites (tertiary alicyclic amines) is 1. The van der Waals surface area contributed by atoms with Crippen molar-refractivity contribution in [2.24, 2.45) is 5.73 Å². The van der Waals surface area contributed by atoms with Gasteiger partial charge in [0.25, 0.3) is 0 Å². The van der Waals surface area contributed by atoms with E-state index in [9.17, 15) is 0 Å². The summed E-state index contributed by atoms with van der Waals surface area (Å²) >= 11 is 0. The average Bonchev–Trinajstić information content (AvgIpc) is 2.65. The molecule has 2 N–H and O–H groups in total. The smallest absolute Gasteiger partial charge is 0.0755 e. The molecule has 2 heterocycles. The molecule has 1 fully saturated rings. The molecule has 76 valence electrons. The number of aromatic nitrogens is 2. The van der Waals surface area contributed by atoms with Crippen molar-refractivity contribution < 1.29 is 0 Å². The Bertz CT molecular complexity index is 287. The number of nitrogens with zero attached hydrogens (tertiary/aromatic N) is 3. The molecule has 4 nitrogen and oxygen atoms in total. The van der Waals surface area contributed by atoms with Crippen LogP contribution in [0.5, 0.6) is 0 Å². The first kappa shape index (κ1) is 9.55. The minimum Gasteiger partial charge on any atom is -0.326 e. The molecule has 1 aromatic heterocycles. The number of rotatable bonds is 2. The van der Waals surface area contributed by atoms with Gasteiger partial charge in [-0.15, -0.1) is 0 Å². The zero-order valence-corrected chi connectivity index (χ0v) is 8.43. The molecule has 14 heavy (non-hydrogen) atoms. The fourth-order valence-corrected chi connectivity index (χ4v) is 1.88. The van der Waals surface area contributed by atoms with Gasteiger partial charge in [-0.1, -0.05) is 0 Å². The second-order valence-corrected chi connectivity index (χ2v) is 3.85. The maximum absolute atomic E-state index is 5.86. The summed E-state index contributed by atoms with van der Waals surface area (Å²) in [7, 11) is 0. The van der Waals surface area contributed by atoms with E-state index in [1.54, 1.807) is 12.4 Å². The van der Waals surface area contributed by atoms with E-state index in [0.29, 0.717) is 12.1 Å². The van der Waals surface area contributed by atoms with Crippen molar-refractivity contribution in [2.45, 2.75) is 25.4 Å². The fraction of sp³-hybridized carbons (Fsp3) is 0.600. The van der Waals surface area contributed by atoms with E-state index in [1.807, 2.05) is 6.20 Å². The summed E-state index contributed by atoms with van der Waals surface area (Å²) in [4.78, 5) is 10.7. The van der Waals surface area contributed by atoms with Gasteiger partial charge in [0.2, 0.25) is 0 Å². The summed E-state index contributed by atoms with van der Waals surface area (Å²) in [6.45, 7) is 4.19. The minimum absolute atomic E-state index is 0.328. The second-order valence-electron chi connectivity index (χ2n) is 3.85. The van der Waals surface area contributed by atoms with Gasteiger partial charge in [0.05, 0.1) is 11.7 Å². The van der Waals surface area contributed by atoms with Gasteiger partial charge >= 0.3 is 0 Å². The average molecular weight is 192 g/mol. The molecule has 0 radical (unpaired) electrons. The van der Waals surface area contributed by atoms with E-state index in [2.05, 4.69) is 21.8 Å². The normalized spacial score (nSPS) is 25.1. The largest absolute Gasteiger partial charge is 0.326 e. The van der Waals surface area contributed by atoms with Crippen LogP contribution in [0.1, 0.15) is 25.1 Å². The number of hydrogen-bond acceptors (Lipinski definition) is 4. The molecule has 0 aromatic carbocycles. The summed E-state index contributed by atoms with van der Waals surface area (Å²) in [6.07, 6.45) is 6.35. The third-order valence-corrected chi connectivity index (χ3v) is 2.82. The van der Waals surface area contributed by atoms with Crippen molar-refractivity contribution >= 4 is 0 Å². The van der Waals surface area contributed by atoms with Crippen molar-refractivity contribution in [3.63, 3.8) is 0 Å². The Kier molecular flexibility index (Phi) is 2.74. The fourth-order valence-electron chi connectivity index (χ4n) is 1.88. The van der Waals surface area contributed by atoms with Gasteiger partial charge in [-0.25, -0.2) is 0 Å². The van der Waals surface area contributed by atoms with Crippen LogP contribution in [0.4, 0.5) is 0 Å². The van der Waals surface area contributed by atoms with Crippen LogP contribution in [-0.2, 0) is 0 Å². The van der Waals surface area contributed by atoms with Crippen LogP contribution in [0.3, 0.4) is 0 Å². The van der Waals surface area contributed by atoms with Crippen LogP contribution in [0.15, 0.2) is 18.6 Å². The Morgan fingerprint density at radius 2 is 2.43 bits per heavy atom. The molecule has 1 aliphatic heterocycles. The van der Waals surface area contributed by atoms with Crippen molar-refractivity contribution in [1.82, 2.24) is 14.9 Å². The van der Waals surface area contributed by atoms with Gasteiger partial charge in [-0.2, -0.15) is 0 Å². The van der Waals surface area contributed by atoms with Crippen LogP contribution in [-0.4, -0.2) is 34.0 Å². The van der Waals surface area contributed by atoms with Crippen LogP contribution in [0.2, 0.25) is 0 Å². The topological polar surface area (TPSA) is 55.0 Å². The molecule has 2 rings (SSSR count). The highest BCUT2D eigenvalue weighted by atomic mass is 15.2. The van der Waals surface area contributed by atoms with E-state index < -0.39 is 0 Å². The number of nitrogens with two attached hydrogens (primary N) is 1. The SMILES string of the molecule is C[C@H](c1cnccn1)N1CC[C@@H](N)C1. The standard InChI is InChI=1S/C10H16N4/c1-8(10-6-12-3-4-13-10)14-5-2-9(11)7-14/h3-4,6,8-9H,2,5,7,11H2,1H3/t8-,9-/m1/s1. The Morgan fingerprint density at radius 3 is 3.00 bits per heavy atom. The van der Waals surface area contributed by atoms with Crippen LogP contribution in [0, 0.1) is 0 Å². The Labute approximate surface area is 84.2 Å². The molecular weight excluding hydrogens is 176 g/mol. The maximum atomic E-state index is 5.86. The van der Waals surface area contributed by atoms with E-state index >= 15 is 0 Å². The molecular formula is C10H16N4. The number of hydrogen-bond donors (Lipinski definition) is 1. The van der Waals surface area contributed by atoms with E-state index in [0.717, 1.165) is 25.2 Å². The molecule has 0 spiro atoms. The van der Waals surface area contributed by atoms with E-state index in [-0.39, 0.29) is 0 Å². The Hall–Kier alpha value is -1.00. The van der Waals surface area contributed by atoms with E-state index in [1.165, 1.54) is 0 Å². The van der Waals surface area contributed by atoms with E-state index in [4.69, 9.17) is 5.73 Å². The van der Waals surface area contributed by atoms with Gasteiger partial charge < -0.3 is 5.73 Å². The minimum atomic E-state index is 0.328. The molecule has 1 aromatic rings. The van der Waals surface area contributed by atoms with Crippen molar-refractivity contribution in [3.05, 3.63) is 24.3 Å². The highest BCUT2D eigenvalue weighted by Crippen LogP contribution is 2.21. The summed E-state index contributed by atoms with van der Waals surface area (Å²) in [5.41, 5.74) is 6.89. The van der Waals surface area contributed by atoms with Crippen molar-refractivity contribution in [2.75, 3.05) is 13.1 Å². The molecule has 0 unspecified atom stereocenters. The summed E-state index contributed by atoms with van der Waals surface area (Å²) in [5, 5.41) is 0. The first-order chi connectivity index (χ1) is 6.77. The Balaban J connectivity index is 2.05. The summed E-state index contributed by atoms with van der Waals surface area (Å²) < 4.78 is 0. The van der Waals surface area contributed by atoms with Gasteiger partial charge in [-0.3, -0.25) is 14.9 Å². The molecule has 1 saturated heterocycles. The summed E-state index contributed by atoms with van der Waals surface area (Å²) in [6, 6.07) is 0.659. The first-order valence-corrected chi connectivity index (χ1v) is 5.03. The lowest BCUT2D eigenvalue weighted by atomic mass is 10.2. The van der Waals surface area contributed by atoms with Crippen LogP contribution < -0.4 is 5.73 Å². The molecule has 4 heteroatoms. The van der Waals surface area contributed by atoms with Gasteiger partial charge in [0.15, 0.2) is 0 Å². The van der Waals surface area contributed by atoms with Gasteiger partial charge in [0, 0.05) is 37.7 Å². The highest BCUT2D eigenvalue weighted by Gasteiger charge is 2.24. The molecule has 2 atom stereocenters. The monoisotopic (exact) mass is 192 g/mol. The molecule has 0 aliphatic carbocycles. The summed E-state index contributed by atoms with van der Waals surface area (Å²) in [5.74, 6) is 0. The molecule has 0 amide bonds. The lowest BCUT2D eigenvalue weighted by Gasteiger charge is -2.22. The third kappa shape index (κ3) is 1.91. The Morgan fingerprint density at radius 1 is 1.57 bits per heavy atom. The lowest BCUT2D eigenvalue weighted by molar-refractivity contribution is 0.255. The predicted molar refractivity (Wildman–Crippen MR) is 54.6 cm³/mol. The highest BCUT2D eigenvalue weighted by molar-refractivity contribution is 5.02. The molecule has 0 saturated carbocycles. The molecule has 1 aliphatic rings. The zero-order valence-electron chi connectivity index (χ0n) is 8.43. The quantitative estimate of drug-likeness (QED) is 0.744. The van der Waals surface area contributed by atoms with Gasteiger partial charge in [0.1, 0.15) is 0 Å². The zero-order chi connectivity index (χ0) is 9.97. The lowest BCUT2D eigenvalue weighted by Crippen LogP contribution is -2.29. The van der Waals surface area contributed by atoms with Gasteiger partial charge in [-0.05, 0) is 13.3 Å². The predicted octanol–water partition coefficient (Wildman–Crippen LogP) is 0.571. The van der Waals surface area contributed by atoms with Crippen LogP contribution in [0.25, 0.3) is 0 Å². The molecule has 0 bridgehead atoms. The maximum Gasteiger partial charge on any atom is 0.0755 e. The third-order valence-electron chi connectivity index (χ3n) is 2.82. The van der Waals surface area contributed by atoms with Crippen LogP contribution >= 0.6 is 0 Å². The van der Waals surface area contributed by atoms with Crippen molar-refractivity contribution in [1.29, 1.82) is 0 Å². The second kappa shape index (κ2) is 4.02. The van der Waals surface area contributed by atoms with Crippen molar-refractivity contribution in [3.8, 4) is 0 Å². The first-order valence-electron chi connectivity index (χ1n) is 5.03.